The second-order valence-corrected chi connectivity index (χ2v) is 3.76. The number of carbonyl (C=O) groups excluding carboxylic acids is 1. The molecule has 0 spiro atoms. The lowest BCUT2D eigenvalue weighted by molar-refractivity contribution is 0.0982. The van der Waals surface area contributed by atoms with Gasteiger partial charge >= 0.3 is 0 Å². The van der Waals surface area contributed by atoms with Gasteiger partial charge < -0.3 is 19.9 Å². The van der Waals surface area contributed by atoms with Crippen LogP contribution in [0.25, 0.3) is 0 Å². The number of ether oxygens (including phenoxy) is 3. The zero-order valence-corrected chi connectivity index (χ0v) is 11.0. The summed E-state index contributed by atoms with van der Waals surface area (Å²) in [6, 6.07) is 3.43. The molecule has 0 saturated carbocycles. The van der Waals surface area contributed by atoms with Gasteiger partial charge in [0.15, 0.2) is 5.78 Å². The first-order valence-electron chi connectivity index (χ1n) is 5.65. The summed E-state index contributed by atoms with van der Waals surface area (Å²) in [4.78, 5) is 11.9. The van der Waals surface area contributed by atoms with Gasteiger partial charge in [-0.2, -0.15) is 0 Å². The highest BCUT2D eigenvalue weighted by atomic mass is 16.5. The van der Waals surface area contributed by atoms with Gasteiger partial charge in [0.05, 0.1) is 26.4 Å². The molecule has 5 nitrogen and oxygen atoms in total. The highest BCUT2D eigenvalue weighted by molar-refractivity contribution is 5.99. The third-order valence-electron chi connectivity index (χ3n) is 2.57. The first-order chi connectivity index (χ1) is 8.67. The van der Waals surface area contributed by atoms with Crippen LogP contribution in [-0.2, 0) is 11.3 Å². The van der Waals surface area contributed by atoms with E-state index in [-0.39, 0.29) is 12.2 Å². The Morgan fingerprint density at radius 1 is 1.17 bits per heavy atom. The van der Waals surface area contributed by atoms with Crippen LogP contribution in [0.3, 0.4) is 0 Å². The molecule has 2 N–H and O–H groups in total. The van der Waals surface area contributed by atoms with Crippen LogP contribution in [0.1, 0.15) is 22.3 Å². The van der Waals surface area contributed by atoms with Crippen LogP contribution < -0.4 is 15.2 Å². The normalized spacial score (nSPS) is 10.2. The van der Waals surface area contributed by atoms with E-state index in [0.29, 0.717) is 30.2 Å². The van der Waals surface area contributed by atoms with Gasteiger partial charge in [-0.3, -0.25) is 4.79 Å². The lowest BCUT2D eigenvalue weighted by Gasteiger charge is -2.13. The van der Waals surface area contributed by atoms with E-state index in [1.54, 1.807) is 26.4 Å². The van der Waals surface area contributed by atoms with E-state index in [0.717, 1.165) is 5.56 Å². The standard InChI is InChI=1S/C13H19NO4/c1-16-8-9-6-13(18-3)10(7-12(9)17-2)11(15)4-5-14/h6-7H,4-5,8,14H2,1-3H3. The number of rotatable bonds is 7. The monoisotopic (exact) mass is 253 g/mol. The first kappa shape index (κ1) is 14.5. The molecule has 0 radical (unpaired) electrons. The lowest BCUT2D eigenvalue weighted by atomic mass is 10.0. The van der Waals surface area contributed by atoms with Crippen LogP contribution in [0.15, 0.2) is 12.1 Å². The number of nitrogens with two attached hydrogens (primary N) is 1. The fourth-order valence-corrected chi connectivity index (χ4v) is 1.71. The van der Waals surface area contributed by atoms with Crippen molar-refractivity contribution in [3.63, 3.8) is 0 Å². The van der Waals surface area contributed by atoms with Gasteiger partial charge in [0.2, 0.25) is 0 Å². The average molecular weight is 253 g/mol. The summed E-state index contributed by atoms with van der Waals surface area (Å²) >= 11 is 0. The molecule has 18 heavy (non-hydrogen) atoms. The van der Waals surface area contributed by atoms with Gasteiger partial charge in [-0.15, -0.1) is 0 Å². The summed E-state index contributed by atoms with van der Waals surface area (Å²) in [5.41, 5.74) is 6.71. The molecule has 1 aromatic carbocycles. The van der Waals surface area contributed by atoms with Gasteiger partial charge in [0.25, 0.3) is 0 Å². The average Bonchev–Trinajstić information content (AvgIpc) is 2.38. The van der Waals surface area contributed by atoms with Crippen molar-refractivity contribution in [2.45, 2.75) is 13.0 Å². The Morgan fingerprint density at radius 2 is 1.83 bits per heavy atom. The van der Waals surface area contributed by atoms with Gasteiger partial charge in [0.1, 0.15) is 11.5 Å². The first-order valence-corrected chi connectivity index (χ1v) is 5.65. The molecule has 0 aliphatic heterocycles. The van der Waals surface area contributed by atoms with Crippen molar-refractivity contribution >= 4 is 5.78 Å². The van der Waals surface area contributed by atoms with Crippen LogP contribution in [0, 0.1) is 0 Å². The highest BCUT2D eigenvalue weighted by Gasteiger charge is 2.16. The van der Waals surface area contributed by atoms with Gasteiger partial charge in [0, 0.05) is 19.1 Å². The molecule has 0 aromatic heterocycles. The van der Waals surface area contributed by atoms with Crippen molar-refractivity contribution in [3.05, 3.63) is 23.3 Å². The molecule has 0 heterocycles. The van der Waals surface area contributed by atoms with Crippen LogP contribution >= 0.6 is 0 Å². The molecule has 1 aromatic rings. The topological polar surface area (TPSA) is 70.8 Å². The number of hydrogen-bond acceptors (Lipinski definition) is 5. The summed E-state index contributed by atoms with van der Waals surface area (Å²) in [5.74, 6) is 1.07. The maximum Gasteiger partial charge on any atom is 0.167 e. The molecule has 0 fully saturated rings. The molecule has 0 amide bonds. The maximum atomic E-state index is 11.9. The molecule has 1 rings (SSSR count). The fraction of sp³-hybridized carbons (Fsp3) is 0.462. The number of carbonyl (C=O) groups is 1. The van der Waals surface area contributed by atoms with Crippen molar-refractivity contribution in [1.82, 2.24) is 0 Å². The minimum Gasteiger partial charge on any atom is -0.496 e. The second kappa shape index (κ2) is 6.98. The Labute approximate surface area is 107 Å². The second-order valence-electron chi connectivity index (χ2n) is 3.76. The van der Waals surface area contributed by atoms with Crippen LogP contribution in [0.5, 0.6) is 11.5 Å². The van der Waals surface area contributed by atoms with Crippen molar-refractivity contribution < 1.29 is 19.0 Å². The quantitative estimate of drug-likeness (QED) is 0.743. The van der Waals surface area contributed by atoms with E-state index in [9.17, 15) is 4.79 Å². The summed E-state index contributed by atoms with van der Waals surface area (Å²) in [5, 5.41) is 0. The molecule has 5 heteroatoms. The Balaban J connectivity index is 3.21. The zero-order chi connectivity index (χ0) is 13.5. The molecule has 100 valence electrons. The molecular formula is C13H19NO4. The van der Waals surface area contributed by atoms with Crippen molar-refractivity contribution in [1.29, 1.82) is 0 Å². The molecular weight excluding hydrogens is 234 g/mol. The largest absolute Gasteiger partial charge is 0.496 e. The number of Topliss-reactive ketones (excluding diaryl/α,β-unsaturated/α-hetero) is 1. The Hall–Kier alpha value is -1.59. The van der Waals surface area contributed by atoms with E-state index in [2.05, 4.69) is 0 Å². The summed E-state index contributed by atoms with van der Waals surface area (Å²) < 4.78 is 15.6. The molecule has 0 unspecified atom stereocenters. The van der Waals surface area contributed by atoms with Crippen LogP contribution in [0.4, 0.5) is 0 Å². The molecule has 0 aliphatic carbocycles. The van der Waals surface area contributed by atoms with E-state index in [1.807, 2.05) is 0 Å². The minimum atomic E-state index is -0.0587. The molecule has 0 aliphatic rings. The maximum absolute atomic E-state index is 11.9. The third kappa shape index (κ3) is 3.21. The van der Waals surface area contributed by atoms with Crippen molar-refractivity contribution in [3.8, 4) is 11.5 Å². The molecule has 0 saturated heterocycles. The Kier molecular flexibility index (Phi) is 5.61. The number of methoxy groups -OCH3 is 3. The molecule has 0 bridgehead atoms. The van der Waals surface area contributed by atoms with Gasteiger partial charge in [-0.05, 0) is 18.7 Å². The molecule has 0 atom stereocenters. The summed E-state index contributed by atoms with van der Waals surface area (Å²) in [7, 11) is 4.68. The Morgan fingerprint density at radius 3 is 2.33 bits per heavy atom. The summed E-state index contributed by atoms with van der Waals surface area (Å²) in [6.45, 7) is 0.703. The smallest absolute Gasteiger partial charge is 0.167 e. The Bertz CT molecular complexity index is 418. The number of benzene rings is 1. The van der Waals surface area contributed by atoms with Crippen LogP contribution in [0.2, 0.25) is 0 Å². The third-order valence-corrected chi connectivity index (χ3v) is 2.57. The lowest BCUT2D eigenvalue weighted by Crippen LogP contribution is -2.10. The van der Waals surface area contributed by atoms with E-state index in [1.165, 1.54) is 7.11 Å². The predicted molar refractivity (Wildman–Crippen MR) is 68.3 cm³/mol. The fourth-order valence-electron chi connectivity index (χ4n) is 1.71. The van der Waals surface area contributed by atoms with Crippen molar-refractivity contribution in [2.24, 2.45) is 5.73 Å². The minimum absolute atomic E-state index is 0.0587. The van der Waals surface area contributed by atoms with Crippen molar-refractivity contribution in [2.75, 3.05) is 27.9 Å². The van der Waals surface area contributed by atoms with E-state index in [4.69, 9.17) is 19.9 Å². The highest BCUT2D eigenvalue weighted by Crippen LogP contribution is 2.30. The van der Waals surface area contributed by atoms with E-state index < -0.39 is 0 Å². The van der Waals surface area contributed by atoms with E-state index >= 15 is 0 Å². The zero-order valence-electron chi connectivity index (χ0n) is 11.0. The SMILES string of the molecule is COCc1cc(OC)c(C(=O)CCN)cc1OC. The van der Waals surface area contributed by atoms with Crippen LogP contribution in [-0.4, -0.2) is 33.7 Å². The number of ketones is 1. The number of hydrogen-bond donors (Lipinski definition) is 1. The van der Waals surface area contributed by atoms with Gasteiger partial charge in [-0.25, -0.2) is 0 Å². The summed E-state index contributed by atoms with van der Waals surface area (Å²) in [6.07, 6.45) is 0.281. The van der Waals surface area contributed by atoms with Gasteiger partial charge in [-0.1, -0.05) is 0 Å². The predicted octanol–water partition coefficient (Wildman–Crippen LogP) is 1.38.